The first-order valence-electron chi connectivity index (χ1n) is 4.84. The third-order valence-corrected chi connectivity index (χ3v) is 3.09. The molecule has 2 rings (SSSR count). The monoisotopic (exact) mass is 250 g/mol. The average molecular weight is 250 g/mol. The molecule has 0 aliphatic heterocycles. The number of hydrogen-bond acceptors (Lipinski definition) is 4. The first-order valence-corrected chi connectivity index (χ1v) is 5.72. The fourth-order valence-electron chi connectivity index (χ4n) is 1.31. The number of amides is 2. The van der Waals surface area contributed by atoms with E-state index in [1.165, 1.54) is 11.3 Å². The maximum absolute atomic E-state index is 11.0. The maximum Gasteiger partial charge on any atom is 0.309 e. The molecular weight excluding hydrogens is 240 g/mol. The third kappa shape index (κ3) is 2.73. The van der Waals surface area contributed by atoms with Gasteiger partial charge in [-0.2, -0.15) is 0 Å². The predicted octanol–water partition coefficient (Wildman–Crippen LogP) is 1.11. The molecule has 17 heavy (non-hydrogen) atoms. The molecule has 2 aromatic heterocycles. The molecule has 0 spiro atoms. The molecule has 0 aliphatic rings. The molecule has 0 aliphatic carbocycles. The second-order valence-corrected chi connectivity index (χ2v) is 4.36. The summed E-state index contributed by atoms with van der Waals surface area (Å²) in [6, 6.07) is 3.78. The lowest BCUT2D eigenvalue weighted by molar-refractivity contribution is -0.137. The molecule has 0 aromatic carbocycles. The van der Waals surface area contributed by atoms with Gasteiger partial charge in [-0.15, -0.1) is 11.3 Å². The van der Waals surface area contributed by atoms with Crippen LogP contribution in [0.1, 0.15) is 4.88 Å². The van der Waals surface area contributed by atoms with Crippen molar-refractivity contribution in [3.8, 4) is 11.1 Å². The molecule has 2 aromatic rings. The minimum absolute atomic E-state index is 0.296. The van der Waals surface area contributed by atoms with Gasteiger partial charge in [0, 0.05) is 10.4 Å². The van der Waals surface area contributed by atoms with Crippen molar-refractivity contribution in [1.29, 1.82) is 0 Å². The summed E-state index contributed by atoms with van der Waals surface area (Å²) >= 11 is 1.49. The van der Waals surface area contributed by atoms with E-state index < -0.39 is 11.8 Å². The van der Waals surface area contributed by atoms with Crippen LogP contribution in [0.5, 0.6) is 0 Å². The van der Waals surface area contributed by atoms with E-state index in [1.807, 2.05) is 17.5 Å². The van der Waals surface area contributed by atoms with Crippen molar-refractivity contribution in [1.82, 2.24) is 5.32 Å². The van der Waals surface area contributed by atoms with Gasteiger partial charge in [0.15, 0.2) is 0 Å². The van der Waals surface area contributed by atoms with Crippen LogP contribution in [-0.4, -0.2) is 11.8 Å². The van der Waals surface area contributed by atoms with E-state index in [0.29, 0.717) is 6.54 Å². The smallest absolute Gasteiger partial charge is 0.309 e. The summed E-state index contributed by atoms with van der Waals surface area (Å²) < 4.78 is 4.98. The Morgan fingerprint density at radius 3 is 2.88 bits per heavy atom. The van der Waals surface area contributed by atoms with Crippen molar-refractivity contribution in [2.75, 3.05) is 0 Å². The minimum Gasteiger partial charge on any atom is -0.472 e. The molecule has 88 valence electrons. The highest BCUT2D eigenvalue weighted by Crippen LogP contribution is 2.25. The minimum atomic E-state index is -0.975. The standard InChI is InChI=1S/C11H10N2O3S/c12-10(14)11(15)13-4-9-3-8(6-17-9)7-1-2-16-5-7/h1-3,5-6H,4H2,(H2,12,14)(H,13,15). The summed E-state index contributed by atoms with van der Waals surface area (Å²) in [5, 5.41) is 4.39. The number of carbonyl (C=O) groups excluding carboxylic acids is 2. The fourth-order valence-corrected chi connectivity index (χ4v) is 2.14. The first kappa shape index (κ1) is 11.4. The molecule has 0 radical (unpaired) electrons. The molecule has 0 unspecified atom stereocenters. The predicted molar refractivity (Wildman–Crippen MR) is 63.1 cm³/mol. The van der Waals surface area contributed by atoms with Crippen LogP contribution in [-0.2, 0) is 16.1 Å². The van der Waals surface area contributed by atoms with E-state index in [0.717, 1.165) is 16.0 Å². The van der Waals surface area contributed by atoms with E-state index in [-0.39, 0.29) is 0 Å². The van der Waals surface area contributed by atoms with Crippen LogP contribution in [0.2, 0.25) is 0 Å². The lowest BCUT2D eigenvalue weighted by Crippen LogP contribution is -2.35. The van der Waals surface area contributed by atoms with Crippen molar-refractivity contribution < 1.29 is 14.0 Å². The quantitative estimate of drug-likeness (QED) is 0.800. The number of nitrogens with one attached hydrogen (secondary N) is 1. The number of carbonyl (C=O) groups is 2. The Bertz CT molecular complexity index is 531. The topological polar surface area (TPSA) is 85.3 Å². The lowest BCUT2D eigenvalue weighted by atomic mass is 10.2. The highest BCUT2D eigenvalue weighted by molar-refractivity contribution is 7.10. The van der Waals surface area contributed by atoms with Crippen molar-refractivity contribution in [3.63, 3.8) is 0 Å². The van der Waals surface area contributed by atoms with Gasteiger partial charge in [0.05, 0.1) is 19.1 Å². The molecular formula is C11H10N2O3S. The molecule has 0 saturated carbocycles. The van der Waals surface area contributed by atoms with Gasteiger partial charge in [0.1, 0.15) is 0 Å². The average Bonchev–Trinajstić information content (AvgIpc) is 2.95. The second kappa shape index (κ2) is 4.84. The summed E-state index contributed by atoms with van der Waals surface area (Å²) in [5.41, 5.74) is 6.82. The number of nitrogens with two attached hydrogens (primary N) is 1. The maximum atomic E-state index is 11.0. The summed E-state index contributed by atoms with van der Waals surface area (Å²) in [6.07, 6.45) is 3.25. The molecule has 3 N–H and O–H groups in total. The lowest BCUT2D eigenvalue weighted by Gasteiger charge is -1.98. The Kier molecular flexibility index (Phi) is 3.24. The Morgan fingerprint density at radius 1 is 1.41 bits per heavy atom. The Balaban J connectivity index is 2.00. The van der Waals surface area contributed by atoms with E-state index in [2.05, 4.69) is 5.32 Å². The molecule has 0 saturated heterocycles. The zero-order valence-corrected chi connectivity index (χ0v) is 9.62. The van der Waals surface area contributed by atoms with Crippen LogP contribution >= 0.6 is 11.3 Å². The van der Waals surface area contributed by atoms with Gasteiger partial charge in [0.2, 0.25) is 0 Å². The van der Waals surface area contributed by atoms with Gasteiger partial charge in [0.25, 0.3) is 0 Å². The van der Waals surface area contributed by atoms with Gasteiger partial charge in [-0.25, -0.2) is 0 Å². The van der Waals surface area contributed by atoms with Gasteiger partial charge in [-0.05, 0) is 23.1 Å². The number of hydrogen-bond donors (Lipinski definition) is 2. The van der Waals surface area contributed by atoms with E-state index >= 15 is 0 Å². The van der Waals surface area contributed by atoms with Crippen LogP contribution in [0.15, 0.2) is 34.5 Å². The second-order valence-electron chi connectivity index (χ2n) is 3.36. The van der Waals surface area contributed by atoms with Gasteiger partial charge < -0.3 is 15.5 Å². The largest absolute Gasteiger partial charge is 0.472 e. The van der Waals surface area contributed by atoms with E-state index in [9.17, 15) is 9.59 Å². The third-order valence-electron chi connectivity index (χ3n) is 2.16. The number of primary amides is 1. The molecule has 5 nitrogen and oxygen atoms in total. The summed E-state index contributed by atoms with van der Waals surface area (Å²) in [6.45, 7) is 0.296. The van der Waals surface area contributed by atoms with E-state index in [4.69, 9.17) is 10.2 Å². The molecule has 6 heteroatoms. The van der Waals surface area contributed by atoms with Crippen molar-refractivity contribution >= 4 is 23.2 Å². The summed E-state index contributed by atoms with van der Waals surface area (Å²) in [4.78, 5) is 22.4. The Morgan fingerprint density at radius 2 is 2.24 bits per heavy atom. The van der Waals surface area contributed by atoms with Crippen molar-refractivity contribution in [3.05, 3.63) is 34.9 Å². The molecule has 2 amide bonds. The van der Waals surface area contributed by atoms with Crippen LogP contribution in [0.4, 0.5) is 0 Å². The van der Waals surface area contributed by atoms with Gasteiger partial charge >= 0.3 is 11.8 Å². The molecule has 0 fully saturated rings. The Hall–Kier alpha value is -2.08. The van der Waals surface area contributed by atoms with Crippen molar-refractivity contribution in [2.24, 2.45) is 5.73 Å². The number of rotatable bonds is 3. The van der Waals surface area contributed by atoms with E-state index in [1.54, 1.807) is 12.5 Å². The molecule has 0 bridgehead atoms. The zero-order valence-electron chi connectivity index (χ0n) is 8.80. The SMILES string of the molecule is NC(=O)C(=O)NCc1cc(-c2ccoc2)cs1. The molecule has 2 heterocycles. The van der Waals surface area contributed by atoms with Crippen LogP contribution in [0, 0.1) is 0 Å². The summed E-state index contributed by atoms with van der Waals surface area (Å²) in [5.74, 6) is -1.75. The summed E-state index contributed by atoms with van der Waals surface area (Å²) in [7, 11) is 0. The number of thiophene rings is 1. The fraction of sp³-hybridized carbons (Fsp3) is 0.0909. The van der Waals surface area contributed by atoms with Crippen LogP contribution in [0.3, 0.4) is 0 Å². The van der Waals surface area contributed by atoms with Crippen LogP contribution in [0.25, 0.3) is 11.1 Å². The first-order chi connectivity index (χ1) is 8.16. The number of furan rings is 1. The normalized spacial score (nSPS) is 10.1. The Labute approximate surface area is 101 Å². The highest BCUT2D eigenvalue weighted by Gasteiger charge is 2.09. The van der Waals surface area contributed by atoms with Gasteiger partial charge in [-0.1, -0.05) is 0 Å². The van der Waals surface area contributed by atoms with Crippen LogP contribution < -0.4 is 11.1 Å². The zero-order chi connectivity index (χ0) is 12.3. The molecule has 0 atom stereocenters. The van der Waals surface area contributed by atoms with Gasteiger partial charge in [-0.3, -0.25) is 9.59 Å². The highest BCUT2D eigenvalue weighted by atomic mass is 32.1. The van der Waals surface area contributed by atoms with Crippen molar-refractivity contribution in [2.45, 2.75) is 6.54 Å².